The van der Waals surface area contributed by atoms with Gasteiger partial charge in [-0.15, -0.1) is 0 Å². The van der Waals surface area contributed by atoms with Gasteiger partial charge < -0.3 is 18.6 Å². The van der Waals surface area contributed by atoms with E-state index < -0.39 is 5.41 Å². The van der Waals surface area contributed by atoms with Gasteiger partial charge in [-0.1, -0.05) is 158 Å². The molecule has 14 aromatic rings. The lowest BCUT2D eigenvalue weighted by molar-refractivity contribution is 0.669. The van der Waals surface area contributed by atoms with Crippen molar-refractivity contribution in [2.75, 3.05) is 9.80 Å². The zero-order valence-corrected chi connectivity index (χ0v) is 39.5. The number of nitrogens with zero attached hydrogens (tertiary/aromatic N) is 2. The van der Waals surface area contributed by atoms with Crippen molar-refractivity contribution in [1.29, 1.82) is 0 Å². The maximum Gasteiger partial charge on any atom is 0.136 e. The van der Waals surface area contributed by atoms with Gasteiger partial charge in [0.2, 0.25) is 0 Å². The van der Waals surface area contributed by atoms with Crippen LogP contribution in [0.25, 0.3) is 87.7 Å². The number of furan rings is 2. The van der Waals surface area contributed by atoms with E-state index in [1.165, 1.54) is 44.5 Å². The van der Waals surface area contributed by atoms with Crippen LogP contribution < -0.4 is 9.80 Å². The predicted molar refractivity (Wildman–Crippen MR) is 302 cm³/mol. The molecule has 0 aliphatic heterocycles. The van der Waals surface area contributed by atoms with Gasteiger partial charge in [-0.2, -0.15) is 0 Å². The summed E-state index contributed by atoms with van der Waals surface area (Å²) in [7, 11) is 0. The molecule has 4 heteroatoms. The molecule has 0 unspecified atom stereocenters. The van der Waals surface area contributed by atoms with Crippen molar-refractivity contribution >= 4 is 99.5 Å². The Labute approximate surface area is 420 Å². The van der Waals surface area contributed by atoms with Crippen LogP contribution in [0.1, 0.15) is 22.3 Å². The molecular weight excluding hydrogens is 889 g/mol. The van der Waals surface area contributed by atoms with E-state index in [9.17, 15) is 0 Å². The van der Waals surface area contributed by atoms with Gasteiger partial charge in [0.05, 0.1) is 16.8 Å². The fraction of sp³-hybridized carbons (Fsp3) is 0.0145. The van der Waals surface area contributed by atoms with E-state index in [1.54, 1.807) is 0 Å². The average molecular weight is 931 g/mol. The van der Waals surface area contributed by atoms with Gasteiger partial charge >= 0.3 is 0 Å². The molecule has 340 valence electrons. The zero-order chi connectivity index (χ0) is 47.8. The highest BCUT2D eigenvalue weighted by Crippen LogP contribution is 2.67. The molecule has 0 saturated heterocycles. The molecule has 12 aromatic carbocycles. The van der Waals surface area contributed by atoms with Crippen LogP contribution in [-0.4, -0.2) is 0 Å². The summed E-state index contributed by atoms with van der Waals surface area (Å²) in [6.45, 7) is 0. The largest absolute Gasteiger partial charge is 0.456 e. The number of rotatable bonds is 6. The summed E-state index contributed by atoms with van der Waals surface area (Å²) in [5.74, 6) is 0. The zero-order valence-electron chi connectivity index (χ0n) is 39.5. The summed E-state index contributed by atoms with van der Waals surface area (Å²) < 4.78 is 13.7. The van der Waals surface area contributed by atoms with Gasteiger partial charge in [0.15, 0.2) is 0 Å². The quantitative estimate of drug-likeness (QED) is 0.166. The highest BCUT2D eigenvalue weighted by atomic mass is 16.3. The van der Waals surface area contributed by atoms with Crippen LogP contribution in [-0.2, 0) is 5.41 Å². The average Bonchev–Trinajstić information content (AvgIpc) is 4.18. The summed E-state index contributed by atoms with van der Waals surface area (Å²) in [5.41, 5.74) is 19.1. The summed E-state index contributed by atoms with van der Waals surface area (Å²) in [6.07, 6.45) is 0. The Hall–Kier alpha value is -9.64. The Kier molecular flexibility index (Phi) is 8.35. The number of fused-ring (bicyclic) bond motifs is 20. The van der Waals surface area contributed by atoms with Crippen LogP contribution in [0.5, 0.6) is 0 Å². The lowest BCUT2D eigenvalue weighted by Crippen LogP contribution is -2.26. The van der Waals surface area contributed by atoms with E-state index in [2.05, 4.69) is 265 Å². The molecule has 2 aromatic heterocycles. The second-order valence-electron chi connectivity index (χ2n) is 19.5. The summed E-state index contributed by atoms with van der Waals surface area (Å²) >= 11 is 0. The minimum Gasteiger partial charge on any atom is -0.456 e. The minimum absolute atomic E-state index is 0.752. The van der Waals surface area contributed by atoms with E-state index in [4.69, 9.17) is 8.83 Å². The van der Waals surface area contributed by atoms with E-state index >= 15 is 0 Å². The van der Waals surface area contributed by atoms with E-state index in [-0.39, 0.29) is 0 Å². The molecule has 0 N–H and O–H groups in total. The molecule has 2 heterocycles. The normalized spacial score (nSPS) is 13.0. The standard InChI is InChI=1S/C69H42N2O2/c1-5-21-43(22-6-1)70(44-23-7-2-8-24-44)61-41-60-68(56-40-66-53(37-51(56)61)49-31-15-19-35-63(49)73-66)67-55-38-54-50-32-16-20-36-64(50)72-65(54)39-52(55)62(71(45-25-9-3-10-26-45)46-27-11-4-12-28-46)42-59(67)69(60)57-33-17-13-29-47(57)48-30-14-18-34-58(48)69/h1-42H. The SMILES string of the molecule is c1ccc(N(c2ccccc2)c2cc3c(c4cc5oc6ccccc6c5cc24)-c2c(cc(N(c4ccccc4)c4ccccc4)c4cc5oc6ccccc6c5cc24)C32c3ccccc3-c3ccccc32)cc1. The molecule has 2 aliphatic rings. The third-order valence-electron chi connectivity index (χ3n) is 15.8. The van der Waals surface area contributed by atoms with Gasteiger partial charge in [0.25, 0.3) is 0 Å². The van der Waals surface area contributed by atoms with E-state index in [1.807, 2.05) is 0 Å². The van der Waals surface area contributed by atoms with Gasteiger partial charge in [0.1, 0.15) is 22.3 Å². The smallest absolute Gasteiger partial charge is 0.136 e. The minimum atomic E-state index is -0.752. The first-order valence-corrected chi connectivity index (χ1v) is 25.1. The maximum absolute atomic E-state index is 6.91. The molecule has 0 atom stereocenters. The Morgan fingerprint density at radius 1 is 0.247 bits per heavy atom. The van der Waals surface area contributed by atoms with E-state index in [0.717, 1.165) is 99.5 Å². The number of hydrogen-bond donors (Lipinski definition) is 0. The maximum atomic E-state index is 6.91. The van der Waals surface area contributed by atoms with Crippen molar-refractivity contribution in [3.05, 3.63) is 277 Å². The first-order chi connectivity index (χ1) is 36.2. The molecule has 0 radical (unpaired) electrons. The van der Waals surface area contributed by atoms with Gasteiger partial charge in [0, 0.05) is 55.1 Å². The Morgan fingerprint density at radius 3 is 1.04 bits per heavy atom. The third-order valence-corrected chi connectivity index (χ3v) is 15.8. The third kappa shape index (κ3) is 5.55. The summed E-state index contributed by atoms with van der Waals surface area (Å²) in [4.78, 5) is 4.89. The van der Waals surface area contributed by atoms with Crippen LogP contribution in [0.4, 0.5) is 34.1 Å². The lowest BCUT2D eigenvalue weighted by Gasteiger charge is -2.34. The van der Waals surface area contributed by atoms with E-state index in [0.29, 0.717) is 0 Å². The molecule has 1 spiro atoms. The number of anilines is 6. The monoisotopic (exact) mass is 930 g/mol. The highest BCUT2D eigenvalue weighted by molar-refractivity contribution is 6.24. The fourth-order valence-corrected chi connectivity index (χ4v) is 12.9. The predicted octanol–water partition coefficient (Wildman–Crippen LogP) is 19.1. The Balaban J connectivity index is 1.16. The first kappa shape index (κ1) is 40.1. The van der Waals surface area contributed by atoms with Gasteiger partial charge in [-0.3, -0.25) is 0 Å². The Morgan fingerprint density at radius 2 is 0.589 bits per heavy atom. The highest BCUT2D eigenvalue weighted by Gasteiger charge is 2.53. The van der Waals surface area contributed by atoms with Gasteiger partial charge in [-0.25, -0.2) is 0 Å². The van der Waals surface area contributed by atoms with Gasteiger partial charge in [-0.05, 0) is 152 Å². The molecule has 0 fully saturated rings. The van der Waals surface area contributed by atoms with Crippen molar-refractivity contribution in [2.45, 2.75) is 5.41 Å². The van der Waals surface area contributed by atoms with Crippen LogP contribution in [0.3, 0.4) is 0 Å². The van der Waals surface area contributed by atoms with Crippen LogP contribution in [0.15, 0.2) is 264 Å². The number of hydrogen-bond acceptors (Lipinski definition) is 4. The van der Waals surface area contributed by atoms with Crippen LogP contribution in [0.2, 0.25) is 0 Å². The molecule has 4 nitrogen and oxygen atoms in total. The van der Waals surface area contributed by atoms with Crippen molar-refractivity contribution in [3.8, 4) is 22.3 Å². The second kappa shape index (κ2) is 15.2. The van der Waals surface area contributed by atoms with Crippen molar-refractivity contribution in [1.82, 2.24) is 0 Å². The number of benzene rings is 12. The van der Waals surface area contributed by atoms with Crippen LogP contribution in [0, 0.1) is 0 Å². The fourth-order valence-electron chi connectivity index (χ4n) is 12.9. The molecule has 2 aliphatic carbocycles. The lowest BCUT2D eigenvalue weighted by atomic mass is 9.70. The molecule has 16 rings (SSSR count). The topological polar surface area (TPSA) is 32.8 Å². The molecular formula is C69H42N2O2. The van der Waals surface area contributed by atoms with Crippen LogP contribution >= 0.6 is 0 Å². The first-order valence-electron chi connectivity index (χ1n) is 25.1. The van der Waals surface area contributed by atoms with Crippen molar-refractivity contribution in [2.24, 2.45) is 0 Å². The molecule has 0 amide bonds. The molecule has 73 heavy (non-hydrogen) atoms. The second-order valence-corrected chi connectivity index (χ2v) is 19.5. The summed E-state index contributed by atoms with van der Waals surface area (Å²) in [6, 6.07) is 93.0. The Bertz CT molecular complexity index is 4430. The molecule has 0 saturated carbocycles. The van der Waals surface area contributed by atoms with Crippen molar-refractivity contribution < 1.29 is 8.83 Å². The summed E-state index contributed by atoms with van der Waals surface area (Å²) in [5, 5.41) is 8.88. The van der Waals surface area contributed by atoms with Crippen molar-refractivity contribution in [3.63, 3.8) is 0 Å². The molecule has 0 bridgehead atoms. The number of para-hydroxylation sites is 6.